The monoisotopic (exact) mass is 469 g/mol. The zero-order valence-electron chi connectivity index (χ0n) is 19.8. The van der Waals surface area contributed by atoms with E-state index in [0.29, 0.717) is 29.0 Å². The first-order chi connectivity index (χ1) is 15.9. The minimum absolute atomic E-state index is 0.0197. The Balaban J connectivity index is 1.70. The van der Waals surface area contributed by atoms with Gasteiger partial charge in [0, 0.05) is 18.2 Å². The minimum atomic E-state index is -0.323. The molecule has 1 fully saturated rings. The van der Waals surface area contributed by atoms with Crippen LogP contribution in [0.5, 0.6) is 0 Å². The lowest BCUT2D eigenvalue weighted by Gasteiger charge is -2.29. The van der Waals surface area contributed by atoms with Crippen molar-refractivity contribution in [2.24, 2.45) is 11.8 Å². The Morgan fingerprint density at radius 2 is 1.94 bits per heavy atom. The molecular formula is C25H35N5O2S. The van der Waals surface area contributed by atoms with Crippen LogP contribution in [0.15, 0.2) is 48.1 Å². The Hall–Kier alpha value is -2.61. The van der Waals surface area contributed by atoms with Crippen molar-refractivity contribution in [3.63, 3.8) is 0 Å². The number of hydrogen-bond acceptors (Lipinski definition) is 5. The molecule has 2 amide bonds. The molecule has 0 aliphatic heterocycles. The Bertz CT molecular complexity index is 944. The molecule has 33 heavy (non-hydrogen) atoms. The summed E-state index contributed by atoms with van der Waals surface area (Å²) in [6.07, 6.45) is 6.40. The first-order valence-electron chi connectivity index (χ1n) is 11.7. The van der Waals surface area contributed by atoms with E-state index >= 15 is 0 Å². The molecule has 3 rings (SSSR count). The normalized spacial score (nSPS) is 19.2. The number of allylic oxidation sites excluding steroid dienone is 1. The predicted molar refractivity (Wildman–Crippen MR) is 132 cm³/mol. The highest BCUT2D eigenvalue weighted by atomic mass is 32.2. The number of benzene rings is 1. The van der Waals surface area contributed by atoms with E-state index in [1.165, 1.54) is 31.0 Å². The third kappa shape index (κ3) is 6.69. The molecule has 2 aromatic rings. The number of nitrogens with zero attached hydrogens (tertiary/aromatic N) is 3. The summed E-state index contributed by atoms with van der Waals surface area (Å²) in [4.78, 5) is 25.4. The van der Waals surface area contributed by atoms with Gasteiger partial charge in [0.15, 0.2) is 11.0 Å². The van der Waals surface area contributed by atoms with Crippen LogP contribution in [-0.2, 0) is 11.3 Å². The van der Waals surface area contributed by atoms with E-state index in [1.807, 2.05) is 36.6 Å². The van der Waals surface area contributed by atoms with E-state index in [-0.39, 0.29) is 35.6 Å². The average molecular weight is 470 g/mol. The fourth-order valence-corrected chi connectivity index (χ4v) is 4.96. The smallest absolute Gasteiger partial charge is 0.251 e. The molecule has 1 aromatic heterocycles. The number of carbonyl (C=O) groups excluding carboxylic acids is 2. The fourth-order valence-electron chi connectivity index (χ4n) is 4.19. The van der Waals surface area contributed by atoms with Gasteiger partial charge in [0.05, 0.1) is 11.8 Å². The number of thioether (sulfide) groups is 1. The van der Waals surface area contributed by atoms with Gasteiger partial charge >= 0.3 is 0 Å². The van der Waals surface area contributed by atoms with E-state index in [1.54, 1.807) is 18.2 Å². The van der Waals surface area contributed by atoms with Crippen molar-refractivity contribution in [2.45, 2.75) is 70.2 Å². The SMILES string of the molecule is C=CCn1c(SCC(=O)N[C@@H]2CCCC[C@H]2C)nnc1[C@@H](NC(=O)c1ccccc1)C(C)C. The average Bonchev–Trinajstić information content (AvgIpc) is 3.20. The largest absolute Gasteiger partial charge is 0.352 e. The molecule has 0 unspecified atom stereocenters. The first kappa shape index (κ1) is 25.0. The van der Waals surface area contributed by atoms with Crippen LogP contribution >= 0.6 is 11.8 Å². The maximum atomic E-state index is 12.8. The second-order valence-corrected chi connectivity index (χ2v) is 9.97. The van der Waals surface area contributed by atoms with E-state index in [4.69, 9.17) is 0 Å². The summed E-state index contributed by atoms with van der Waals surface area (Å²) in [6, 6.07) is 9.07. The summed E-state index contributed by atoms with van der Waals surface area (Å²) >= 11 is 1.37. The summed E-state index contributed by atoms with van der Waals surface area (Å²) in [6.45, 7) is 10.6. The lowest BCUT2D eigenvalue weighted by atomic mass is 9.86. The number of rotatable bonds is 10. The highest BCUT2D eigenvalue weighted by Crippen LogP contribution is 2.27. The predicted octanol–water partition coefficient (Wildman–Crippen LogP) is 4.38. The maximum Gasteiger partial charge on any atom is 0.251 e. The van der Waals surface area contributed by atoms with Crippen molar-refractivity contribution < 1.29 is 9.59 Å². The van der Waals surface area contributed by atoms with E-state index in [2.05, 4.69) is 34.3 Å². The standard InChI is InChI=1S/C25H35N5O2S/c1-5-15-30-23(22(17(2)3)27-24(32)19-12-7-6-8-13-19)28-29-25(30)33-16-21(31)26-20-14-10-9-11-18(20)4/h5-8,12-13,17-18,20,22H,1,9-11,14-16H2,2-4H3,(H,26,31)(H,27,32)/t18-,20-,22+/m1/s1. The van der Waals surface area contributed by atoms with Crippen molar-refractivity contribution in [1.29, 1.82) is 0 Å². The van der Waals surface area contributed by atoms with Crippen molar-refractivity contribution in [2.75, 3.05) is 5.75 Å². The Morgan fingerprint density at radius 3 is 2.61 bits per heavy atom. The zero-order chi connectivity index (χ0) is 23.8. The molecule has 8 heteroatoms. The molecule has 1 aromatic carbocycles. The summed E-state index contributed by atoms with van der Waals surface area (Å²) < 4.78 is 1.93. The second-order valence-electron chi connectivity index (χ2n) is 9.03. The molecule has 1 aliphatic carbocycles. The van der Waals surface area contributed by atoms with Crippen LogP contribution in [-0.4, -0.2) is 38.4 Å². The van der Waals surface area contributed by atoms with Crippen LogP contribution in [0.3, 0.4) is 0 Å². The van der Waals surface area contributed by atoms with Crippen molar-refractivity contribution >= 4 is 23.6 Å². The summed E-state index contributed by atoms with van der Waals surface area (Å²) in [5, 5.41) is 15.7. The van der Waals surface area contributed by atoms with Gasteiger partial charge in [-0.2, -0.15) is 0 Å². The van der Waals surface area contributed by atoms with Gasteiger partial charge < -0.3 is 15.2 Å². The van der Waals surface area contributed by atoms with Crippen LogP contribution in [0.4, 0.5) is 0 Å². The molecule has 1 aliphatic rings. The van der Waals surface area contributed by atoms with Gasteiger partial charge in [-0.25, -0.2) is 0 Å². The summed E-state index contributed by atoms with van der Waals surface area (Å²) in [5.74, 6) is 1.42. The lowest BCUT2D eigenvalue weighted by molar-refractivity contribution is -0.119. The molecule has 7 nitrogen and oxygen atoms in total. The summed E-state index contributed by atoms with van der Waals surface area (Å²) in [7, 11) is 0. The molecule has 3 atom stereocenters. The van der Waals surface area contributed by atoms with Gasteiger partial charge in [-0.1, -0.05) is 69.6 Å². The molecule has 178 valence electrons. The van der Waals surface area contributed by atoms with E-state index in [0.717, 1.165) is 6.42 Å². The molecule has 0 spiro atoms. The molecular weight excluding hydrogens is 434 g/mol. The maximum absolute atomic E-state index is 12.8. The van der Waals surface area contributed by atoms with Crippen molar-refractivity contribution in [1.82, 2.24) is 25.4 Å². The quantitative estimate of drug-likeness (QED) is 0.398. The molecule has 2 N–H and O–H groups in total. The lowest BCUT2D eigenvalue weighted by Crippen LogP contribution is -2.41. The second kappa shape index (κ2) is 12.0. The minimum Gasteiger partial charge on any atom is -0.352 e. The fraction of sp³-hybridized carbons (Fsp3) is 0.520. The van der Waals surface area contributed by atoms with Crippen molar-refractivity contribution in [3.05, 3.63) is 54.4 Å². The van der Waals surface area contributed by atoms with Crippen LogP contribution in [0.2, 0.25) is 0 Å². The van der Waals surface area contributed by atoms with Crippen molar-refractivity contribution in [3.8, 4) is 0 Å². The third-order valence-corrected chi connectivity index (χ3v) is 7.08. The number of amides is 2. The third-order valence-electron chi connectivity index (χ3n) is 6.11. The number of hydrogen-bond donors (Lipinski definition) is 2. The van der Waals surface area contributed by atoms with Gasteiger partial charge in [0.2, 0.25) is 5.91 Å². The number of aromatic nitrogens is 3. The Labute approximate surface area is 200 Å². The zero-order valence-corrected chi connectivity index (χ0v) is 20.6. The highest BCUT2D eigenvalue weighted by molar-refractivity contribution is 7.99. The van der Waals surface area contributed by atoms with Gasteiger partial charge in [0.1, 0.15) is 0 Å². The Kier molecular flexibility index (Phi) is 9.11. The summed E-state index contributed by atoms with van der Waals surface area (Å²) in [5.41, 5.74) is 0.598. The number of nitrogens with one attached hydrogen (secondary N) is 2. The highest BCUT2D eigenvalue weighted by Gasteiger charge is 2.27. The molecule has 0 bridgehead atoms. The molecule has 0 radical (unpaired) electrons. The molecule has 1 saturated carbocycles. The van der Waals surface area contributed by atoms with Gasteiger partial charge in [-0.15, -0.1) is 16.8 Å². The van der Waals surface area contributed by atoms with Gasteiger partial charge in [-0.05, 0) is 36.8 Å². The van der Waals surface area contributed by atoms with E-state index in [9.17, 15) is 9.59 Å². The van der Waals surface area contributed by atoms with E-state index < -0.39 is 0 Å². The molecule has 1 heterocycles. The van der Waals surface area contributed by atoms with Gasteiger partial charge in [-0.3, -0.25) is 9.59 Å². The topological polar surface area (TPSA) is 88.9 Å². The van der Waals surface area contributed by atoms with Crippen LogP contribution in [0, 0.1) is 11.8 Å². The van der Waals surface area contributed by atoms with Crippen LogP contribution in [0.25, 0.3) is 0 Å². The first-order valence-corrected chi connectivity index (χ1v) is 12.7. The van der Waals surface area contributed by atoms with Crippen LogP contribution in [0.1, 0.15) is 68.7 Å². The number of carbonyl (C=O) groups is 2. The van der Waals surface area contributed by atoms with Crippen LogP contribution < -0.4 is 10.6 Å². The van der Waals surface area contributed by atoms with Gasteiger partial charge in [0.25, 0.3) is 5.91 Å². The Morgan fingerprint density at radius 1 is 1.21 bits per heavy atom. The molecule has 0 saturated heterocycles.